The van der Waals surface area contributed by atoms with Crippen LogP contribution in [0.1, 0.15) is 11.1 Å². The largest absolute Gasteiger partial charge is 0.326 e. The average Bonchev–Trinajstić information content (AvgIpc) is 2.30. The van der Waals surface area contributed by atoms with E-state index in [2.05, 4.69) is 24.0 Å². The molecule has 0 saturated carbocycles. The molecular weight excluding hydrogens is 184 g/mol. The van der Waals surface area contributed by atoms with Gasteiger partial charge in [0.25, 0.3) is 0 Å². The molecule has 1 aromatic heterocycles. The number of hydrogen-bond acceptors (Lipinski definition) is 2. The molecule has 1 heterocycles. The summed E-state index contributed by atoms with van der Waals surface area (Å²) in [5, 5.41) is 0. The molecule has 2 aromatic rings. The van der Waals surface area contributed by atoms with E-state index in [-0.39, 0.29) is 0 Å². The topological polar surface area (TPSA) is 38.9 Å². The van der Waals surface area contributed by atoms with E-state index in [1.165, 1.54) is 16.7 Å². The second-order valence-corrected chi connectivity index (χ2v) is 3.60. The first-order valence-corrected chi connectivity index (χ1v) is 5.01. The zero-order valence-electron chi connectivity index (χ0n) is 8.77. The van der Waals surface area contributed by atoms with Crippen LogP contribution < -0.4 is 5.73 Å². The van der Waals surface area contributed by atoms with Crippen LogP contribution in [0.4, 0.5) is 0 Å². The Hall–Kier alpha value is -1.67. The molecule has 0 aliphatic carbocycles. The van der Waals surface area contributed by atoms with Crippen molar-refractivity contribution in [1.82, 2.24) is 4.98 Å². The van der Waals surface area contributed by atoms with Gasteiger partial charge in [-0.1, -0.05) is 18.2 Å². The van der Waals surface area contributed by atoms with Crippen LogP contribution in [0.5, 0.6) is 0 Å². The Kier molecular flexibility index (Phi) is 2.79. The number of benzene rings is 1. The van der Waals surface area contributed by atoms with Crippen molar-refractivity contribution >= 4 is 0 Å². The zero-order chi connectivity index (χ0) is 10.7. The van der Waals surface area contributed by atoms with Gasteiger partial charge in [-0.3, -0.25) is 4.98 Å². The number of nitrogens with zero attached hydrogens (tertiary/aromatic N) is 1. The molecule has 2 N–H and O–H groups in total. The Balaban J connectivity index is 2.49. The van der Waals surface area contributed by atoms with Crippen LogP contribution in [-0.4, -0.2) is 4.98 Å². The average molecular weight is 198 g/mol. The summed E-state index contributed by atoms with van der Waals surface area (Å²) in [6.07, 6.45) is 3.70. The third-order valence-electron chi connectivity index (χ3n) is 2.49. The van der Waals surface area contributed by atoms with E-state index in [9.17, 15) is 0 Å². The lowest BCUT2D eigenvalue weighted by Gasteiger charge is -2.06. The predicted molar refractivity (Wildman–Crippen MR) is 62.3 cm³/mol. The number of aromatic nitrogens is 1. The fraction of sp³-hybridized carbons (Fsp3) is 0.154. The SMILES string of the molecule is Cc1cnccc1-c1cccc(CN)c1. The number of nitrogens with two attached hydrogens (primary N) is 1. The molecule has 2 nitrogen and oxygen atoms in total. The van der Waals surface area contributed by atoms with Crippen LogP contribution in [0.3, 0.4) is 0 Å². The van der Waals surface area contributed by atoms with E-state index in [1.54, 1.807) is 0 Å². The Morgan fingerprint density at radius 2 is 2.13 bits per heavy atom. The lowest BCUT2D eigenvalue weighted by molar-refractivity contribution is 1.07. The molecule has 0 radical (unpaired) electrons. The van der Waals surface area contributed by atoms with E-state index in [0.29, 0.717) is 6.54 Å². The summed E-state index contributed by atoms with van der Waals surface area (Å²) >= 11 is 0. The molecule has 0 aliphatic rings. The Morgan fingerprint density at radius 3 is 2.87 bits per heavy atom. The summed E-state index contributed by atoms with van der Waals surface area (Å²) in [6, 6.07) is 10.3. The molecular formula is C13H14N2. The number of pyridine rings is 1. The molecule has 0 saturated heterocycles. The summed E-state index contributed by atoms with van der Waals surface area (Å²) in [5.41, 5.74) is 10.4. The molecule has 76 valence electrons. The highest BCUT2D eigenvalue weighted by molar-refractivity contribution is 5.66. The molecule has 0 spiro atoms. The third-order valence-corrected chi connectivity index (χ3v) is 2.49. The summed E-state index contributed by atoms with van der Waals surface area (Å²) in [7, 11) is 0. The van der Waals surface area contributed by atoms with E-state index >= 15 is 0 Å². The Morgan fingerprint density at radius 1 is 1.27 bits per heavy atom. The fourth-order valence-corrected chi connectivity index (χ4v) is 1.66. The molecule has 2 rings (SSSR count). The van der Waals surface area contributed by atoms with Crippen LogP contribution in [0.2, 0.25) is 0 Å². The summed E-state index contributed by atoms with van der Waals surface area (Å²) in [6.45, 7) is 2.65. The van der Waals surface area contributed by atoms with Crippen molar-refractivity contribution in [2.24, 2.45) is 5.73 Å². The van der Waals surface area contributed by atoms with Gasteiger partial charge in [0.1, 0.15) is 0 Å². The van der Waals surface area contributed by atoms with Gasteiger partial charge in [-0.15, -0.1) is 0 Å². The van der Waals surface area contributed by atoms with Gasteiger partial charge in [-0.25, -0.2) is 0 Å². The number of rotatable bonds is 2. The smallest absolute Gasteiger partial charge is 0.0303 e. The normalized spacial score (nSPS) is 10.3. The molecule has 2 heteroatoms. The molecule has 1 aromatic carbocycles. The maximum atomic E-state index is 5.62. The lowest BCUT2D eigenvalue weighted by Crippen LogP contribution is -1.96. The first-order chi connectivity index (χ1) is 7.31. The van der Waals surface area contributed by atoms with Crippen LogP contribution in [-0.2, 0) is 6.54 Å². The monoisotopic (exact) mass is 198 g/mol. The second-order valence-electron chi connectivity index (χ2n) is 3.60. The van der Waals surface area contributed by atoms with Crippen molar-refractivity contribution in [2.45, 2.75) is 13.5 Å². The molecule has 0 unspecified atom stereocenters. The van der Waals surface area contributed by atoms with Gasteiger partial charge < -0.3 is 5.73 Å². The van der Waals surface area contributed by atoms with E-state index in [4.69, 9.17) is 5.73 Å². The van der Waals surface area contributed by atoms with Gasteiger partial charge in [0, 0.05) is 18.9 Å². The minimum Gasteiger partial charge on any atom is -0.326 e. The van der Waals surface area contributed by atoms with Crippen molar-refractivity contribution in [3.8, 4) is 11.1 Å². The zero-order valence-corrected chi connectivity index (χ0v) is 8.77. The Bertz CT molecular complexity index is 464. The highest BCUT2D eigenvalue weighted by atomic mass is 14.6. The van der Waals surface area contributed by atoms with Gasteiger partial charge in [-0.05, 0) is 41.3 Å². The maximum absolute atomic E-state index is 5.62. The maximum Gasteiger partial charge on any atom is 0.0303 e. The van der Waals surface area contributed by atoms with Crippen molar-refractivity contribution < 1.29 is 0 Å². The minimum absolute atomic E-state index is 0.581. The first kappa shape index (κ1) is 9.87. The molecule has 0 bridgehead atoms. The molecule has 0 amide bonds. The first-order valence-electron chi connectivity index (χ1n) is 5.01. The summed E-state index contributed by atoms with van der Waals surface area (Å²) in [4.78, 5) is 4.09. The minimum atomic E-state index is 0.581. The van der Waals surface area contributed by atoms with Gasteiger partial charge in [0.15, 0.2) is 0 Å². The third kappa shape index (κ3) is 2.05. The quantitative estimate of drug-likeness (QED) is 0.805. The molecule has 0 atom stereocenters. The van der Waals surface area contributed by atoms with Crippen LogP contribution in [0.15, 0.2) is 42.7 Å². The van der Waals surface area contributed by atoms with Crippen LogP contribution in [0, 0.1) is 6.92 Å². The highest BCUT2D eigenvalue weighted by Crippen LogP contribution is 2.22. The second kappa shape index (κ2) is 4.24. The van der Waals surface area contributed by atoms with Crippen molar-refractivity contribution in [3.05, 3.63) is 53.9 Å². The Labute approximate surface area is 89.8 Å². The van der Waals surface area contributed by atoms with Crippen molar-refractivity contribution in [1.29, 1.82) is 0 Å². The van der Waals surface area contributed by atoms with Crippen LogP contribution >= 0.6 is 0 Å². The standard InChI is InChI=1S/C13H14N2/c1-10-9-15-6-5-13(10)12-4-2-3-11(7-12)8-14/h2-7,9H,8,14H2,1H3. The summed E-state index contributed by atoms with van der Waals surface area (Å²) < 4.78 is 0. The fourth-order valence-electron chi connectivity index (χ4n) is 1.66. The van der Waals surface area contributed by atoms with Gasteiger partial charge in [0.2, 0.25) is 0 Å². The van der Waals surface area contributed by atoms with E-state index in [0.717, 1.165) is 5.56 Å². The summed E-state index contributed by atoms with van der Waals surface area (Å²) in [5.74, 6) is 0. The van der Waals surface area contributed by atoms with Crippen LogP contribution in [0.25, 0.3) is 11.1 Å². The molecule has 0 fully saturated rings. The van der Waals surface area contributed by atoms with Gasteiger partial charge in [-0.2, -0.15) is 0 Å². The van der Waals surface area contributed by atoms with Crippen molar-refractivity contribution in [3.63, 3.8) is 0 Å². The van der Waals surface area contributed by atoms with Gasteiger partial charge in [0.05, 0.1) is 0 Å². The number of hydrogen-bond donors (Lipinski definition) is 1. The van der Waals surface area contributed by atoms with E-state index < -0.39 is 0 Å². The highest BCUT2D eigenvalue weighted by Gasteiger charge is 2.01. The number of aryl methyl sites for hydroxylation is 1. The van der Waals surface area contributed by atoms with Gasteiger partial charge >= 0.3 is 0 Å². The molecule has 0 aliphatic heterocycles. The lowest BCUT2D eigenvalue weighted by atomic mass is 10.0. The molecule has 15 heavy (non-hydrogen) atoms. The van der Waals surface area contributed by atoms with E-state index in [1.807, 2.05) is 30.6 Å². The predicted octanol–water partition coefficient (Wildman–Crippen LogP) is 2.52. The van der Waals surface area contributed by atoms with Crippen molar-refractivity contribution in [2.75, 3.05) is 0 Å².